The van der Waals surface area contributed by atoms with Gasteiger partial charge in [0.15, 0.2) is 0 Å². The number of hydrogen-bond donors (Lipinski definition) is 1. The molecule has 3 aromatic rings. The van der Waals surface area contributed by atoms with Crippen molar-refractivity contribution < 1.29 is 27.7 Å². The molecule has 12 heteroatoms. The first-order valence-corrected chi connectivity index (χ1v) is 15.3. The number of sulfonamides is 1. The van der Waals surface area contributed by atoms with E-state index in [9.17, 15) is 28.1 Å². The second-order valence-electron chi connectivity index (χ2n) is 9.94. The number of carbonyl (C=O) groups excluding carboxylic acids is 2. The van der Waals surface area contributed by atoms with Crippen LogP contribution >= 0.6 is 0 Å². The van der Waals surface area contributed by atoms with Crippen molar-refractivity contribution in [1.29, 1.82) is 0 Å². The molecular formula is C30H36N4O7S. The lowest BCUT2D eigenvalue weighted by atomic mass is 10.0. The summed E-state index contributed by atoms with van der Waals surface area (Å²) in [7, 11) is -2.54. The molecule has 0 aliphatic rings. The zero-order chi connectivity index (χ0) is 30.9. The molecule has 0 radical (unpaired) electrons. The van der Waals surface area contributed by atoms with Gasteiger partial charge in [-0.2, -0.15) is 0 Å². The van der Waals surface area contributed by atoms with Gasteiger partial charge in [-0.1, -0.05) is 55.5 Å². The average Bonchev–Trinajstić information content (AvgIpc) is 2.97. The number of benzene rings is 3. The van der Waals surface area contributed by atoms with Crippen molar-refractivity contribution >= 4 is 33.2 Å². The number of carbonyl (C=O) groups is 2. The predicted molar refractivity (Wildman–Crippen MR) is 161 cm³/mol. The van der Waals surface area contributed by atoms with Crippen molar-refractivity contribution in [3.8, 4) is 5.75 Å². The minimum absolute atomic E-state index is 0.0198. The maximum Gasteiger partial charge on any atom is 0.271 e. The highest BCUT2D eigenvalue weighted by Gasteiger charge is 2.33. The van der Waals surface area contributed by atoms with Gasteiger partial charge >= 0.3 is 0 Å². The van der Waals surface area contributed by atoms with Gasteiger partial charge < -0.3 is 15.0 Å². The third-order valence-corrected chi connectivity index (χ3v) is 7.91. The number of nitrogens with zero attached hydrogens (tertiary/aromatic N) is 3. The van der Waals surface area contributed by atoms with Gasteiger partial charge in [0.1, 0.15) is 18.3 Å². The third-order valence-electron chi connectivity index (χ3n) is 6.77. The molecule has 2 atom stereocenters. The fourth-order valence-electron chi connectivity index (χ4n) is 4.34. The molecule has 0 aromatic heterocycles. The summed E-state index contributed by atoms with van der Waals surface area (Å²) >= 11 is 0. The first kappa shape index (κ1) is 32.1. The molecule has 0 aliphatic carbocycles. The molecule has 0 saturated heterocycles. The van der Waals surface area contributed by atoms with Crippen molar-refractivity contribution in [3.63, 3.8) is 0 Å². The number of non-ortho nitro benzene ring substituents is 1. The largest absolute Gasteiger partial charge is 0.497 e. The summed E-state index contributed by atoms with van der Waals surface area (Å²) in [5.74, 6) is -0.487. The molecule has 3 aromatic carbocycles. The second kappa shape index (κ2) is 14.4. The molecule has 0 saturated carbocycles. The third kappa shape index (κ3) is 8.77. The minimum Gasteiger partial charge on any atom is -0.497 e. The number of ether oxygens (including phenoxy) is 1. The average molecular weight is 597 g/mol. The van der Waals surface area contributed by atoms with Crippen molar-refractivity contribution in [2.45, 2.75) is 45.3 Å². The Kier molecular flexibility index (Phi) is 11.0. The molecule has 2 unspecified atom stereocenters. The summed E-state index contributed by atoms with van der Waals surface area (Å²) in [6.45, 7) is 3.10. The second-order valence-corrected chi connectivity index (χ2v) is 11.8. The molecule has 0 fully saturated rings. The van der Waals surface area contributed by atoms with E-state index in [1.54, 1.807) is 24.3 Å². The monoisotopic (exact) mass is 596 g/mol. The summed E-state index contributed by atoms with van der Waals surface area (Å²) in [5.41, 5.74) is 1.11. The van der Waals surface area contributed by atoms with Crippen LogP contribution in [0.4, 0.5) is 11.4 Å². The number of nitrogens with one attached hydrogen (secondary N) is 1. The zero-order valence-corrected chi connectivity index (χ0v) is 24.9. The number of nitro benzene ring substituents is 1. The molecule has 0 aliphatic heterocycles. The van der Waals surface area contributed by atoms with Crippen molar-refractivity contribution in [2.24, 2.45) is 0 Å². The number of anilines is 1. The van der Waals surface area contributed by atoms with Crippen LogP contribution in [-0.2, 0) is 32.6 Å². The van der Waals surface area contributed by atoms with Crippen LogP contribution in [0.3, 0.4) is 0 Å². The van der Waals surface area contributed by atoms with Gasteiger partial charge in [0, 0.05) is 31.1 Å². The molecule has 1 N–H and O–H groups in total. The van der Waals surface area contributed by atoms with Crippen molar-refractivity contribution in [3.05, 3.63) is 100 Å². The van der Waals surface area contributed by atoms with Gasteiger partial charge in [-0.05, 0) is 42.7 Å². The predicted octanol–water partition coefficient (Wildman–Crippen LogP) is 3.92. The Morgan fingerprint density at radius 2 is 1.67 bits per heavy atom. The van der Waals surface area contributed by atoms with Crippen LogP contribution in [-0.4, -0.2) is 62.0 Å². The Balaban J connectivity index is 2.09. The van der Waals surface area contributed by atoms with Crippen LogP contribution in [0.2, 0.25) is 0 Å². The molecule has 0 bridgehead atoms. The van der Waals surface area contributed by atoms with Crippen LogP contribution in [0.15, 0.2) is 78.9 Å². The molecule has 11 nitrogen and oxygen atoms in total. The zero-order valence-electron chi connectivity index (χ0n) is 24.1. The normalized spacial score (nSPS) is 12.6. The summed E-state index contributed by atoms with van der Waals surface area (Å²) in [6, 6.07) is 20.1. The van der Waals surface area contributed by atoms with E-state index < -0.39 is 33.4 Å². The minimum atomic E-state index is -4.06. The highest BCUT2D eigenvalue weighted by atomic mass is 32.2. The van der Waals surface area contributed by atoms with Crippen molar-refractivity contribution in [2.75, 3.05) is 24.2 Å². The Hall–Kier alpha value is -4.45. The van der Waals surface area contributed by atoms with Gasteiger partial charge in [0.25, 0.3) is 5.69 Å². The summed E-state index contributed by atoms with van der Waals surface area (Å²) in [6.07, 6.45) is 1.76. The highest BCUT2D eigenvalue weighted by Crippen LogP contribution is 2.25. The van der Waals surface area contributed by atoms with E-state index in [1.165, 1.54) is 30.2 Å². The molecule has 0 spiro atoms. The molecule has 42 heavy (non-hydrogen) atoms. The van der Waals surface area contributed by atoms with Gasteiger partial charge in [-0.15, -0.1) is 0 Å². The van der Waals surface area contributed by atoms with E-state index in [0.717, 1.165) is 22.2 Å². The molecule has 2 amide bonds. The Morgan fingerprint density at radius 3 is 2.29 bits per heavy atom. The Labute approximate surface area is 246 Å². The van der Waals surface area contributed by atoms with Gasteiger partial charge in [0.2, 0.25) is 21.8 Å². The summed E-state index contributed by atoms with van der Waals surface area (Å²) in [5, 5.41) is 14.3. The quantitative estimate of drug-likeness (QED) is 0.220. The van der Waals surface area contributed by atoms with E-state index in [4.69, 9.17) is 4.74 Å². The van der Waals surface area contributed by atoms with E-state index in [0.29, 0.717) is 17.7 Å². The lowest BCUT2D eigenvalue weighted by Gasteiger charge is -2.34. The van der Waals surface area contributed by atoms with Crippen LogP contribution in [0.25, 0.3) is 0 Å². The van der Waals surface area contributed by atoms with Crippen molar-refractivity contribution in [1.82, 2.24) is 10.2 Å². The maximum absolute atomic E-state index is 14.1. The number of amides is 2. The van der Waals surface area contributed by atoms with Gasteiger partial charge in [0.05, 0.1) is 24.0 Å². The highest BCUT2D eigenvalue weighted by molar-refractivity contribution is 7.92. The van der Waals surface area contributed by atoms with Gasteiger partial charge in [-0.3, -0.25) is 24.0 Å². The molecule has 3 rings (SSSR count). The molecule has 224 valence electrons. The smallest absolute Gasteiger partial charge is 0.271 e. The summed E-state index contributed by atoms with van der Waals surface area (Å²) < 4.78 is 31.9. The van der Waals surface area contributed by atoms with Crippen LogP contribution in [0.1, 0.15) is 31.4 Å². The SMILES string of the molecule is CCC(C)NC(=O)C(Cc1ccccc1)N(Cc1cccc(OC)c1)C(=O)CN(c1cccc([N+](=O)[O-])c1)S(C)(=O)=O. The van der Waals surface area contributed by atoms with Crippen LogP contribution in [0, 0.1) is 10.1 Å². The lowest BCUT2D eigenvalue weighted by molar-refractivity contribution is -0.384. The lowest BCUT2D eigenvalue weighted by Crippen LogP contribution is -2.54. The Bertz CT molecular complexity index is 1500. The number of nitro groups is 1. The summed E-state index contributed by atoms with van der Waals surface area (Å²) in [4.78, 5) is 39.9. The van der Waals surface area contributed by atoms with E-state index in [2.05, 4.69) is 5.32 Å². The fourth-order valence-corrected chi connectivity index (χ4v) is 5.18. The van der Waals surface area contributed by atoms with Crippen LogP contribution < -0.4 is 14.4 Å². The van der Waals surface area contributed by atoms with E-state index >= 15 is 0 Å². The number of rotatable bonds is 14. The van der Waals surface area contributed by atoms with E-state index in [1.807, 2.05) is 44.2 Å². The topological polar surface area (TPSA) is 139 Å². The number of methoxy groups -OCH3 is 1. The van der Waals surface area contributed by atoms with E-state index in [-0.39, 0.29) is 36.3 Å². The first-order chi connectivity index (χ1) is 19.9. The Morgan fingerprint density at radius 1 is 1.00 bits per heavy atom. The standard InChI is InChI=1S/C30H36N4O7S/c1-5-22(2)31-30(36)28(18-23-11-7-6-8-12-23)32(20-24-13-9-16-27(17-24)41-3)29(35)21-33(42(4,39)40)25-14-10-15-26(19-25)34(37)38/h6-17,19,22,28H,5,18,20-21H2,1-4H3,(H,31,36). The maximum atomic E-state index is 14.1. The fraction of sp³-hybridized carbons (Fsp3) is 0.333. The van der Waals surface area contributed by atoms with Gasteiger partial charge in [-0.25, -0.2) is 8.42 Å². The van der Waals surface area contributed by atoms with Crippen LogP contribution in [0.5, 0.6) is 5.75 Å². The first-order valence-electron chi connectivity index (χ1n) is 13.4. The molecule has 0 heterocycles. The number of hydrogen-bond acceptors (Lipinski definition) is 7. The molecular weight excluding hydrogens is 560 g/mol.